The quantitative estimate of drug-likeness (QED) is 0.162. The van der Waals surface area contributed by atoms with Gasteiger partial charge in [0.05, 0.1) is 29.0 Å². The second kappa shape index (κ2) is 13.7. The number of halogens is 2. The van der Waals surface area contributed by atoms with Crippen LogP contribution in [0, 0.1) is 23.8 Å². The fourth-order valence-electron chi connectivity index (χ4n) is 4.17. The summed E-state index contributed by atoms with van der Waals surface area (Å²) in [5.74, 6) is 0.364. The molecule has 4 aromatic rings. The van der Waals surface area contributed by atoms with E-state index in [1.807, 2.05) is 18.2 Å². The molecular formula is C31H25Cl2N5O3S. The number of hydrogen-bond acceptors (Lipinski definition) is 6. The van der Waals surface area contributed by atoms with E-state index in [1.165, 1.54) is 6.20 Å². The third-order valence-corrected chi connectivity index (χ3v) is 8.61. The Balaban J connectivity index is 0.000000208. The second-order valence-electron chi connectivity index (χ2n) is 9.55. The van der Waals surface area contributed by atoms with Gasteiger partial charge in [-0.25, -0.2) is 18.0 Å². The molecule has 0 saturated heterocycles. The van der Waals surface area contributed by atoms with Crippen LogP contribution in [0.3, 0.4) is 0 Å². The molecule has 1 unspecified atom stereocenters. The molecule has 11 heteroatoms. The summed E-state index contributed by atoms with van der Waals surface area (Å²) in [5, 5.41) is 9.55. The van der Waals surface area contributed by atoms with Crippen LogP contribution in [0.15, 0.2) is 73.3 Å². The average molecular weight is 619 g/mol. The molecule has 212 valence electrons. The highest BCUT2D eigenvalue weighted by molar-refractivity contribution is 7.89. The maximum absolute atomic E-state index is 12.0. The highest BCUT2D eigenvalue weighted by Crippen LogP contribution is 2.42. The Morgan fingerprint density at radius 3 is 2.21 bits per heavy atom. The molecule has 2 heterocycles. The maximum Gasteiger partial charge on any atom is 0.211 e. The predicted molar refractivity (Wildman–Crippen MR) is 164 cm³/mol. The lowest BCUT2D eigenvalue weighted by Gasteiger charge is -2.18. The number of aldehydes is 1. The summed E-state index contributed by atoms with van der Waals surface area (Å²) in [6, 6.07) is 15.7. The van der Waals surface area contributed by atoms with Crippen molar-refractivity contribution in [2.45, 2.75) is 25.8 Å². The van der Waals surface area contributed by atoms with Gasteiger partial charge in [-0.05, 0) is 72.7 Å². The van der Waals surface area contributed by atoms with Crippen LogP contribution in [0.5, 0.6) is 0 Å². The SMILES string of the molecule is N#Cc1ccc(-c2cncc(C=O)c2)cc1Cl.[C-]#[N+]c1ccc(-c2cncc(C(NS(=O)(=O)CC)C3CC3)c2)cc1Cl. The van der Waals surface area contributed by atoms with Crippen LogP contribution in [0.25, 0.3) is 27.1 Å². The third kappa shape index (κ3) is 7.79. The molecule has 2 aromatic heterocycles. The largest absolute Gasteiger partial charge is 0.298 e. The minimum Gasteiger partial charge on any atom is -0.298 e. The Bertz CT molecular complexity index is 1810. The number of aromatic nitrogens is 2. The molecule has 42 heavy (non-hydrogen) atoms. The highest BCUT2D eigenvalue weighted by atomic mass is 35.5. The van der Waals surface area contributed by atoms with E-state index in [4.69, 9.17) is 35.0 Å². The summed E-state index contributed by atoms with van der Waals surface area (Å²) < 4.78 is 26.8. The molecule has 1 N–H and O–H groups in total. The number of hydrogen-bond donors (Lipinski definition) is 1. The average Bonchev–Trinajstić information content (AvgIpc) is 3.86. The number of sulfonamides is 1. The maximum atomic E-state index is 12.0. The van der Waals surface area contributed by atoms with Gasteiger partial charge in [-0.1, -0.05) is 41.4 Å². The highest BCUT2D eigenvalue weighted by Gasteiger charge is 2.35. The molecule has 0 bridgehead atoms. The molecule has 0 aliphatic heterocycles. The first-order valence-electron chi connectivity index (χ1n) is 12.9. The molecule has 8 nitrogen and oxygen atoms in total. The molecular weight excluding hydrogens is 593 g/mol. The zero-order valence-corrected chi connectivity index (χ0v) is 24.8. The van der Waals surface area contributed by atoms with Gasteiger partial charge < -0.3 is 0 Å². The van der Waals surface area contributed by atoms with Crippen LogP contribution >= 0.6 is 23.2 Å². The molecule has 1 aliphatic rings. The number of rotatable bonds is 8. The van der Waals surface area contributed by atoms with Crippen LogP contribution in [0.4, 0.5) is 5.69 Å². The fourth-order valence-corrected chi connectivity index (χ4v) is 5.50. The van der Waals surface area contributed by atoms with Crippen molar-refractivity contribution in [2.24, 2.45) is 5.92 Å². The molecule has 1 aliphatic carbocycles. The van der Waals surface area contributed by atoms with Gasteiger partial charge >= 0.3 is 0 Å². The topological polar surface area (TPSA) is 117 Å². The van der Waals surface area contributed by atoms with Crippen molar-refractivity contribution in [2.75, 3.05) is 5.75 Å². The summed E-state index contributed by atoms with van der Waals surface area (Å²) in [5.41, 5.74) is 5.49. The van der Waals surface area contributed by atoms with Crippen LogP contribution in [-0.2, 0) is 10.0 Å². The van der Waals surface area contributed by atoms with Gasteiger partial charge in [0.1, 0.15) is 6.07 Å². The number of benzene rings is 2. The Hall–Kier alpha value is -4.12. The van der Waals surface area contributed by atoms with Gasteiger partial charge in [-0.3, -0.25) is 14.8 Å². The number of carbonyl (C=O) groups is 1. The Kier molecular flexibility index (Phi) is 10.1. The minimum absolute atomic E-state index is 0.0526. The van der Waals surface area contributed by atoms with E-state index < -0.39 is 10.0 Å². The zero-order valence-electron chi connectivity index (χ0n) is 22.5. The summed E-state index contributed by atoms with van der Waals surface area (Å²) in [6.07, 6.45) is 9.30. The van der Waals surface area contributed by atoms with Gasteiger partial charge in [0.25, 0.3) is 0 Å². The van der Waals surface area contributed by atoms with E-state index >= 15 is 0 Å². The number of pyridine rings is 2. The molecule has 1 saturated carbocycles. The van der Waals surface area contributed by atoms with Crippen LogP contribution < -0.4 is 4.72 Å². The van der Waals surface area contributed by atoms with Crippen molar-refractivity contribution in [3.63, 3.8) is 0 Å². The number of nitrogens with one attached hydrogen (secondary N) is 1. The first-order valence-corrected chi connectivity index (χ1v) is 15.3. The molecule has 0 spiro atoms. The van der Waals surface area contributed by atoms with Gasteiger partial charge in [0.15, 0.2) is 6.29 Å². The van der Waals surface area contributed by atoms with E-state index in [0.717, 1.165) is 46.9 Å². The van der Waals surface area contributed by atoms with Gasteiger partial charge in [0, 0.05) is 46.5 Å². The lowest BCUT2D eigenvalue weighted by Crippen LogP contribution is -2.31. The van der Waals surface area contributed by atoms with Gasteiger partial charge in [-0.2, -0.15) is 5.26 Å². The van der Waals surface area contributed by atoms with Crippen molar-refractivity contribution < 1.29 is 13.2 Å². The first kappa shape index (κ1) is 30.8. The zero-order chi connectivity index (χ0) is 30.3. The molecule has 1 fully saturated rings. The lowest BCUT2D eigenvalue weighted by atomic mass is 10.0. The summed E-state index contributed by atoms with van der Waals surface area (Å²) in [7, 11) is -3.30. The molecule has 1 atom stereocenters. The first-order chi connectivity index (χ1) is 20.2. The van der Waals surface area contributed by atoms with E-state index in [1.54, 1.807) is 61.9 Å². The van der Waals surface area contributed by atoms with Gasteiger partial charge in [-0.15, -0.1) is 0 Å². The Morgan fingerprint density at radius 2 is 1.64 bits per heavy atom. The number of carbonyl (C=O) groups excluding carboxylic acids is 1. The fraction of sp³-hybridized carbons (Fsp3) is 0.194. The van der Waals surface area contributed by atoms with Crippen LogP contribution in [0.2, 0.25) is 10.0 Å². The standard InChI is InChI=1S/C18H18ClN3O2S.C13H7ClN2O/c1-3-25(23,24)22-18(12-4-5-12)15-8-14(10-21-11-15)13-6-7-17(20-2)16(19)9-13;14-13-4-10(1-2-11(13)5-15)12-3-9(8-17)6-16-7-12/h6-12,18,22H,3-5H2,1H3;1-4,6-8H. The lowest BCUT2D eigenvalue weighted by molar-refractivity contribution is 0.112. The van der Waals surface area contributed by atoms with Crippen molar-refractivity contribution in [3.8, 4) is 28.3 Å². The minimum atomic E-state index is -3.30. The van der Waals surface area contributed by atoms with E-state index in [2.05, 4.69) is 19.5 Å². The number of nitriles is 1. The molecule has 0 amide bonds. The van der Waals surface area contributed by atoms with E-state index in [-0.39, 0.29) is 11.8 Å². The molecule has 0 radical (unpaired) electrons. The summed E-state index contributed by atoms with van der Waals surface area (Å²) in [4.78, 5) is 22.3. The van der Waals surface area contributed by atoms with Crippen molar-refractivity contribution in [3.05, 3.63) is 111 Å². The summed E-state index contributed by atoms with van der Waals surface area (Å²) in [6.45, 7) is 8.70. The van der Waals surface area contributed by atoms with E-state index in [0.29, 0.717) is 32.8 Å². The molecule has 2 aromatic carbocycles. The Morgan fingerprint density at radius 1 is 1.00 bits per heavy atom. The Labute approximate surface area is 254 Å². The van der Waals surface area contributed by atoms with Crippen molar-refractivity contribution in [1.82, 2.24) is 14.7 Å². The van der Waals surface area contributed by atoms with Crippen molar-refractivity contribution >= 4 is 45.2 Å². The monoisotopic (exact) mass is 617 g/mol. The summed E-state index contributed by atoms with van der Waals surface area (Å²) >= 11 is 12.1. The molecule has 5 rings (SSSR count). The number of nitrogens with zero attached hydrogens (tertiary/aromatic N) is 4. The van der Waals surface area contributed by atoms with Crippen LogP contribution in [0.1, 0.15) is 47.3 Å². The van der Waals surface area contributed by atoms with Gasteiger partial charge in [0.2, 0.25) is 15.7 Å². The van der Waals surface area contributed by atoms with Crippen molar-refractivity contribution in [1.29, 1.82) is 5.26 Å². The third-order valence-electron chi connectivity index (χ3n) is 6.62. The van der Waals surface area contributed by atoms with E-state index in [9.17, 15) is 13.2 Å². The second-order valence-corrected chi connectivity index (χ2v) is 12.4. The smallest absolute Gasteiger partial charge is 0.211 e. The normalized spacial score (nSPS) is 13.2. The van der Waals surface area contributed by atoms with Crippen LogP contribution in [-0.4, -0.2) is 30.4 Å². The predicted octanol–water partition coefficient (Wildman–Crippen LogP) is 7.43.